The average molecular weight is 250 g/mol. The number of aryl methyl sites for hydroxylation is 1. The van der Waals surface area contributed by atoms with Crippen LogP contribution >= 0.6 is 0 Å². The maximum absolute atomic E-state index is 5.73. The third-order valence-electron chi connectivity index (χ3n) is 2.66. The lowest BCUT2D eigenvalue weighted by molar-refractivity contribution is 0.511. The van der Waals surface area contributed by atoms with Crippen LogP contribution in [0, 0.1) is 0 Å². The second-order valence-electron chi connectivity index (χ2n) is 4.30. The van der Waals surface area contributed by atoms with E-state index in [4.69, 9.17) is 5.73 Å². The monoisotopic (exact) mass is 250 g/mol. The van der Waals surface area contributed by atoms with Crippen molar-refractivity contribution >= 4 is 0 Å². The summed E-state index contributed by atoms with van der Waals surface area (Å²) in [5.74, 6) is 0.782. The Kier molecular flexibility index (Phi) is 3.98. The van der Waals surface area contributed by atoms with E-state index in [1.807, 2.05) is 13.1 Å². The van der Waals surface area contributed by atoms with E-state index in [0.717, 1.165) is 30.9 Å². The predicted molar refractivity (Wildman–Crippen MR) is 64.5 cm³/mol. The highest BCUT2D eigenvalue weighted by molar-refractivity contribution is 4.98. The van der Waals surface area contributed by atoms with Gasteiger partial charge in [-0.15, -0.1) is 10.2 Å². The van der Waals surface area contributed by atoms with Crippen LogP contribution in [-0.4, -0.2) is 35.2 Å². The summed E-state index contributed by atoms with van der Waals surface area (Å²) in [6.45, 7) is 5.35. The van der Waals surface area contributed by atoms with Crippen LogP contribution in [0.2, 0.25) is 0 Å². The number of tetrazole rings is 1. The summed E-state index contributed by atoms with van der Waals surface area (Å²) in [4.78, 5) is 0. The third-order valence-corrected chi connectivity index (χ3v) is 2.66. The molecule has 1 atom stereocenters. The molecule has 0 saturated carbocycles. The van der Waals surface area contributed by atoms with Crippen molar-refractivity contribution in [1.82, 2.24) is 35.2 Å². The van der Waals surface area contributed by atoms with Gasteiger partial charge in [0.25, 0.3) is 0 Å². The second-order valence-corrected chi connectivity index (χ2v) is 4.30. The minimum atomic E-state index is -0.116. The van der Waals surface area contributed by atoms with Gasteiger partial charge >= 0.3 is 0 Å². The molecule has 0 bridgehead atoms. The normalized spacial score (nSPS) is 12.8. The second kappa shape index (κ2) is 5.67. The van der Waals surface area contributed by atoms with Gasteiger partial charge < -0.3 is 5.73 Å². The molecule has 0 radical (unpaired) electrons. The first-order chi connectivity index (χ1) is 8.70. The van der Waals surface area contributed by atoms with Gasteiger partial charge in [-0.1, -0.05) is 18.6 Å². The van der Waals surface area contributed by atoms with Crippen molar-refractivity contribution in [2.45, 2.75) is 45.8 Å². The Balaban J connectivity index is 2.06. The van der Waals surface area contributed by atoms with Crippen molar-refractivity contribution in [3.8, 4) is 0 Å². The minimum Gasteiger partial charge on any atom is -0.323 e. The van der Waals surface area contributed by atoms with Crippen molar-refractivity contribution in [3.05, 3.63) is 17.7 Å². The zero-order valence-corrected chi connectivity index (χ0v) is 10.7. The molecule has 0 saturated heterocycles. The molecule has 0 aliphatic heterocycles. The summed E-state index contributed by atoms with van der Waals surface area (Å²) in [5, 5.41) is 19.7. The van der Waals surface area contributed by atoms with E-state index in [-0.39, 0.29) is 6.04 Å². The fourth-order valence-corrected chi connectivity index (χ4v) is 1.56. The predicted octanol–water partition coefficient (Wildman–Crippen LogP) is 0.133. The van der Waals surface area contributed by atoms with E-state index in [9.17, 15) is 0 Å². The van der Waals surface area contributed by atoms with Crippen molar-refractivity contribution in [3.63, 3.8) is 0 Å². The van der Waals surface area contributed by atoms with E-state index in [1.54, 1.807) is 9.36 Å². The molecular formula is C10H18N8. The summed E-state index contributed by atoms with van der Waals surface area (Å²) >= 11 is 0. The Bertz CT molecular complexity index is 486. The van der Waals surface area contributed by atoms with Crippen molar-refractivity contribution in [1.29, 1.82) is 0 Å². The molecule has 0 spiro atoms. The highest BCUT2D eigenvalue weighted by Gasteiger charge is 2.09. The van der Waals surface area contributed by atoms with Crippen LogP contribution in [0.15, 0.2) is 6.20 Å². The number of hydrogen-bond acceptors (Lipinski definition) is 6. The van der Waals surface area contributed by atoms with Crippen LogP contribution in [0.4, 0.5) is 0 Å². The number of rotatable bonds is 6. The molecule has 2 N–H and O–H groups in total. The van der Waals surface area contributed by atoms with E-state index < -0.39 is 0 Å². The quantitative estimate of drug-likeness (QED) is 0.782. The van der Waals surface area contributed by atoms with E-state index in [1.165, 1.54) is 0 Å². The fraction of sp³-hybridized carbons (Fsp3) is 0.700. The first-order valence-corrected chi connectivity index (χ1v) is 6.11. The molecule has 2 heterocycles. The minimum absolute atomic E-state index is 0.116. The van der Waals surface area contributed by atoms with E-state index in [0.29, 0.717) is 6.54 Å². The topological polar surface area (TPSA) is 100 Å². The van der Waals surface area contributed by atoms with Crippen LogP contribution in [0.1, 0.15) is 44.2 Å². The summed E-state index contributed by atoms with van der Waals surface area (Å²) in [6.07, 6.45) is 3.99. The number of unbranched alkanes of at least 4 members (excludes halogenated alkanes) is 1. The van der Waals surface area contributed by atoms with Gasteiger partial charge in [0, 0.05) is 12.6 Å². The molecule has 2 aromatic heterocycles. The highest BCUT2D eigenvalue weighted by Crippen LogP contribution is 2.05. The molecule has 0 fully saturated rings. The molecule has 18 heavy (non-hydrogen) atoms. The Labute approximate surface area is 105 Å². The summed E-state index contributed by atoms with van der Waals surface area (Å²) in [6, 6.07) is -0.116. The Morgan fingerprint density at radius 3 is 2.83 bits per heavy atom. The van der Waals surface area contributed by atoms with Gasteiger partial charge in [0.1, 0.15) is 6.54 Å². The summed E-state index contributed by atoms with van der Waals surface area (Å²) < 4.78 is 3.50. The van der Waals surface area contributed by atoms with E-state index in [2.05, 4.69) is 32.8 Å². The average Bonchev–Trinajstić information content (AvgIpc) is 2.96. The van der Waals surface area contributed by atoms with Crippen LogP contribution in [0.25, 0.3) is 0 Å². The number of hydrogen-bond donors (Lipinski definition) is 1. The number of nitrogens with zero attached hydrogens (tertiary/aromatic N) is 7. The molecule has 0 amide bonds. The summed E-state index contributed by atoms with van der Waals surface area (Å²) in [7, 11) is 0. The molecule has 8 heteroatoms. The molecule has 0 aliphatic carbocycles. The zero-order chi connectivity index (χ0) is 13.0. The first-order valence-electron chi connectivity index (χ1n) is 6.11. The van der Waals surface area contributed by atoms with Crippen LogP contribution in [0.3, 0.4) is 0 Å². The lowest BCUT2D eigenvalue weighted by atomic mass is 10.3. The summed E-state index contributed by atoms with van der Waals surface area (Å²) in [5.41, 5.74) is 6.50. The molecule has 98 valence electrons. The van der Waals surface area contributed by atoms with Crippen molar-refractivity contribution in [2.75, 3.05) is 0 Å². The Morgan fingerprint density at radius 1 is 1.33 bits per heavy atom. The fourth-order valence-electron chi connectivity index (χ4n) is 1.56. The third kappa shape index (κ3) is 2.89. The van der Waals surface area contributed by atoms with Crippen molar-refractivity contribution in [2.24, 2.45) is 5.73 Å². The first kappa shape index (κ1) is 12.6. The molecule has 2 rings (SSSR count). The largest absolute Gasteiger partial charge is 0.323 e. The number of aromatic nitrogens is 7. The Morgan fingerprint density at radius 2 is 2.17 bits per heavy atom. The Hall–Kier alpha value is -1.83. The highest BCUT2D eigenvalue weighted by atomic mass is 15.6. The van der Waals surface area contributed by atoms with Gasteiger partial charge in [-0.05, 0) is 23.8 Å². The van der Waals surface area contributed by atoms with Crippen LogP contribution < -0.4 is 5.73 Å². The van der Waals surface area contributed by atoms with Gasteiger partial charge in [0.05, 0.1) is 11.9 Å². The van der Waals surface area contributed by atoms with Gasteiger partial charge in [0.15, 0.2) is 5.82 Å². The molecule has 0 aromatic carbocycles. The molecule has 1 unspecified atom stereocenters. The SMILES string of the molecule is CCCCn1nnnc1Cn1cc(C(C)N)nn1. The molecule has 0 aliphatic rings. The molecule has 2 aromatic rings. The number of nitrogens with two attached hydrogens (primary N) is 1. The maximum atomic E-state index is 5.73. The van der Waals surface area contributed by atoms with Gasteiger partial charge in [0.2, 0.25) is 0 Å². The smallest absolute Gasteiger partial charge is 0.172 e. The standard InChI is InChI=1S/C10H18N8/c1-3-4-5-18-10(13-14-16-18)7-17-6-9(8(2)11)12-15-17/h6,8H,3-5,7,11H2,1-2H3. The van der Waals surface area contributed by atoms with Gasteiger partial charge in [-0.2, -0.15) is 0 Å². The maximum Gasteiger partial charge on any atom is 0.172 e. The lowest BCUT2D eigenvalue weighted by Crippen LogP contribution is -2.11. The lowest BCUT2D eigenvalue weighted by Gasteiger charge is -2.03. The molecule has 8 nitrogen and oxygen atoms in total. The van der Waals surface area contributed by atoms with Crippen molar-refractivity contribution < 1.29 is 0 Å². The zero-order valence-electron chi connectivity index (χ0n) is 10.7. The van der Waals surface area contributed by atoms with Crippen LogP contribution in [-0.2, 0) is 13.1 Å². The van der Waals surface area contributed by atoms with Crippen LogP contribution in [0.5, 0.6) is 0 Å². The van der Waals surface area contributed by atoms with Gasteiger partial charge in [-0.3, -0.25) is 0 Å². The molecular weight excluding hydrogens is 232 g/mol. The van der Waals surface area contributed by atoms with Gasteiger partial charge in [-0.25, -0.2) is 9.36 Å². The van der Waals surface area contributed by atoms with E-state index >= 15 is 0 Å².